The molecule has 6 nitrogen and oxygen atoms in total. The van der Waals surface area contributed by atoms with Crippen LogP contribution in [-0.4, -0.2) is 55.0 Å². The minimum absolute atomic E-state index is 0.198. The van der Waals surface area contributed by atoms with Gasteiger partial charge in [0.1, 0.15) is 5.60 Å². The molecule has 1 aliphatic rings. The molecule has 1 atom stereocenters. The van der Waals surface area contributed by atoms with Gasteiger partial charge in [0.2, 0.25) is 10.0 Å². The lowest BCUT2D eigenvalue weighted by atomic mass is 10.2. The summed E-state index contributed by atoms with van der Waals surface area (Å²) < 4.78 is 32.3. The van der Waals surface area contributed by atoms with Crippen LogP contribution < -0.4 is 0 Å². The Bertz CT molecular complexity index is 757. The van der Waals surface area contributed by atoms with Crippen molar-refractivity contribution in [3.05, 3.63) is 33.8 Å². The number of hydrogen-bond acceptors (Lipinski definition) is 4. The molecule has 146 valence electrons. The van der Waals surface area contributed by atoms with Crippen molar-refractivity contribution in [2.24, 2.45) is 0 Å². The average molecular weight is 423 g/mol. The summed E-state index contributed by atoms with van der Waals surface area (Å²) in [5.41, 5.74) is -0.209. The summed E-state index contributed by atoms with van der Waals surface area (Å²) in [7, 11) is -3.61. The van der Waals surface area contributed by atoms with E-state index < -0.39 is 21.7 Å². The third-order valence-electron chi connectivity index (χ3n) is 4.00. The smallest absolute Gasteiger partial charge is 0.410 e. The number of carbonyl (C=O) groups excluding carboxylic acids is 1. The van der Waals surface area contributed by atoms with Crippen LogP contribution >= 0.6 is 23.2 Å². The van der Waals surface area contributed by atoms with Crippen molar-refractivity contribution in [3.63, 3.8) is 0 Å². The van der Waals surface area contributed by atoms with E-state index in [1.54, 1.807) is 50.8 Å². The van der Waals surface area contributed by atoms with E-state index >= 15 is 0 Å². The number of rotatable bonds is 3. The summed E-state index contributed by atoms with van der Waals surface area (Å²) in [5.74, 6) is -0.273. The fourth-order valence-electron chi connectivity index (χ4n) is 2.71. The van der Waals surface area contributed by atoms with Gasteiger partial charge in [0.25, 0.3) is 0 Å². The third kappa shape index (κ3) is 5.25. The normalized spacial score (nSPS) is 19.5. The van der Waals surface area contributed by atoms with E-state index in [0.29, 0.717) is 15.6 Å². The molecule has 1 aromatic carbocycles. The highest BCUT2D eigenvalue weighted by molar-refractivity contribution is 7.88. The van der Waals surface area contributed by atoms with Crippen LogP contribution in [0.3, 0.4) is 0 Å². The van der Waals surface area contributed by atoms with Crippen molar-refractivity contribution < 1.29 is 17.9 Å². The number of piperazine rings is 1. The molecule has 0 radical (unpaired) electrons. The number of halogens is 2. The number of carbonyl (C=O) groups is 1. The maximum Gasteiger partial charge on any atom is 0.410 e. The Kier molecular flexibility index (Phi) is 6.48. The second-order valence-corrected chi connectivity index (χ2v) is 10.1. The zero-order chi connectivity index (χ0) is 19.7. The van der Waals surface area contributed by atoms with Crippen molar-refractivity contribution in [1.82, 2.24) is 9.21 Å². The molecule has 0 bridgehead atoms. The lowest BCUT2D eigenvalue weighted by molar-refractivity contribution is 0.00857. The van der Waals surface area contributed by atoms with E-state index in [1.165, 1.54) is 4.31 Å². The molecule has 0 saturated carbocycles. The van der Waals surface area contributed by atoms with E-state index in [1.807, 2.05) is 0 Å². The van der Waals surface area contributed by atoms with Gasteiger partial charge in [-0.2, -0.15) is 4.31 Å². The molecule has 0 spiro atoms. The summed E-state index contributed by atoms with van der Waals surface area (Å²) in [4.78, 5) is 13.8. The average Bonchev–Trinajstić information content (AvgIpc) is 2.49. The zero-order valence-corrected chi connectivity index (χ0v) is 17.7. The molecular weight excluding hydrogens is 399 g/mol. The molecule has 1 saturated heterocycles. The Balaban J connectivity index is 2.09. The van der Waals surface area contributed by atoms with Gasteiger partial charge < -0.3 is 9.64 Å². The van der Waals surface area contributed by atoms with E-state index in [0.717, 1.165) is 0 Å². The monoisotopic (exact) mass is 422 g/mol. The third-order valence-corrected chi connectivity index (χ3v) is 6.48. The minimum Gasteiger partial charge on any atom is -0.444 e. The first-order valence-corrected chi connectivity index (χ1v) is 10.7. The highest BCUT2D eigenvalue weighted by Gasteiger charge is 2.35. The van der Waals surface area contributed by atoms with E-state index in [9.17, 15) is 13.2 Å². The second-order valence-electron chi connectivity index (χ2n) is 7.34. The summed E-state index contributed by atoms with van der Waals surface area (Å²) >= 11 is 12.2. The van der Waals surface area contributed by atoms with Gasteiger partial charge in [0, 0.05) is 41.3 Å². The van der Waals surface area contributed by atoms with Crippen molar-refractivity contribution in [2.75, 3.05) is 19.6 Å². The Hall–Kier alpha value is -1.02. The molecule has 1 aromatic rings. The number of nitrogens with zero attached hydrogens (tertiary/aromatic N) is 2. The predicted octanol–water partition coefficient (Wildman–Crippen LogP) is 3.76. The van der Waals surface area contributed by atoms with E-state index in [-0.39, 0.29) is 31.4 Å². The van der Waals surface area contributed by atoms with Crippen LogP contribution in [0.5, 0.6) is 0 Å². The van der Waals surface area contributed by atoms with Crippen LogP contribution in [0.15, 0.2) is 18.2 Å². The lowest BCUT2D eigenvalue weighted by Gasteiger charge is -2.39. The maximum absolute atomic E-state index is 12.8. The van der Waals surface area contributed by atoms with E-state index in [4.69, 9.17) is 27.9 Å². The van der Waals surface area contributed by atoms with Gasteiger partial charge >= 0.3 is 6.09 Å². The largest absolute Gasteiger partial charge is 0.444 e. The van der Waals surface area contributed by atoms with Crippen LogP contribution in [0.4, 0.5) is 4.79 Å². The van der Waals surface area contributed by atoms with Gasteiger partial charge in [-0.1, -0.05) is 29.3 Å². The Morgan fingerprint density at radius 1 is 1.23 bits per heavy atom. The van der Waals surface area contributed by atoms with E-state index in [2.05, 4.69) is 0 Å². The first-order valence-electron chi connectivity index (χ1n) is 8.31. The maximum atomic E-state index is 12.8. The number of hydrogen-bond donors (Lipinski definition) is 0. The highest BCUT2D eigenvalue weighted by atomic mass is 35.5. The van der Waals surface area contributed by atoms with Crippen molar-refractivity contribution in [3.8, 4) is 0 Å². The fraction of sp³-hybridized carbons (Fsp3) is 0.588. The molecular formula is C17H24Cl2N2O4S. The first kappa shape index (κ1) is 21.3. The Labute approximate surface area is 165 Å². The van der Waals surface area contributed by atoms with Gasteiger partial charge in [-0.3, -0.25) is 0 Å². The van der Waals surface area contributed by atoms with Gasteiger partial charge in [0.05, 0.1) is 5.75 Å². The summed E-state index contributed by atoms with van der Waals surface area (Å²) in [6, 6.07) is 4.60. The quantitative estimate of drug-likeness (QED) is 0.743. The molecule has 26 heavy (non-hydrogen) atoms. The van der Waals surface area contributed by atoms with Crippen molar-refractivity contribution >= 4 is 39.3 Å². The molecule has 2 rings (SSSR count). The van der Waals surface area contributed by atoms with Crippen LogP contribution in [-0.2, 0) is 20.5 Å². The second kappa shape index (κ2) is 7.92. The molecule has 0 aromatic heterocycles. The number of sulfonamides is 1. The van der Waals surface area contributed by atoms with Gasteiger partial charge in [-0.15, -0.1) is 0 Å². The topological polar surface area (TPSA) is 66.9 Å². The molecule has 0 unspecified atom stereocenters. The number of amides is 1. The molecule has 1 heterocycles. The lowest BCUT2D eigenvalue weighted by Crippen LogP contribution is -2.56. The van der Waals surface area contributed by atoms with Gasteiger partial charge in [-0.05, 0) is 39.8 Å². The summed E-state index contributed by atoms with van der Waals surface area (Å²) in [6.45, 7) is 7.86. The van der Waals surface area contributed by atoms with Crippen LogP contribution in [0.1, 0.15) is 33.3 Å². The number of benzene rings is 1. The molecule has 9 heteroatoms. The molecule has 0 aliphatic carbocycles. The molecule has 1 amide bonds. The van der Waals surface area contributed by atoms with Gasteiger partial charge in [0.15, 0.2) is 0 Å². The summed E-state index contributed by atoms with van der Waals surface area (Å²) in [5, 5.41) is 0.642. The summed E-state index contributed by atoms with van der Waals surface area (Å²) in [6.07, 6.45) is -0.434. The van der Waals surface area contributed by atoms with Gasteiger partial charge in [-0.25, -0.2) is 13.2 Å². The Morgan fingerprint density at radius 2 is 1.81 bits per heavy atom. The van der Waals surface area contributed by atoms with Crippen LogP contribution in [0.25, 0.3) is 0 Å². The van der Waals surface area contributed by atoms with Crippen LogP contribution in [0, 0.1) is 0 Å². The molecule has 0 N–H and O–H groups in total. The minimum atomic E-state index is -3.61. The fourth-order valence-corrected chi connectivity index (χ4v) is 5.06. The molecule has 1 aliphatic heterocycles. The number of ether oxygens (including phenoxy) is 1. The zero-order valence-electron chi connectivity index (χ0n) is 15.3. The predicted molar refractivity (Wildman–Crippen MR) is 103 cm³/mol. The SMILES string of the molecule is C[C@@H]1CN(S(=O)(=O)Cc2c(Cl)cccc2Cl)CCN1C(=O)OC(C)(C)C. The molecule has 1 fully saturated rings. The Morgan fingerprint density at radius 3 is 2.31 bits per heavy atom. The first-order chi connectivity index (χ1) is 11.9. The van der Waals surface area contributed by atoms with Crippen LogP contribution in [0.2, 0.25) is 10.0 Å². The standard InChI is InChI=1S/C17H24Cl2N2O4S/c1-12-10-20(8-9-21(12)16(22)25-17(2,3)4)26(23,24)11-13-14(18)6-5-7-15(13)19/h5-7,12H,8-11H2,1-4H3/t12-/m1/s1. The van der Waals surface area contributed by atoms with Crippen molar-refractivity contribution in [2.45, 2.75) is 45.1 Å². The van der Waals surface area contributed by atoms with Crippen molar-refractivity contribution in [1.29, 1.82) is 0 Å². The highest BCUT2D eigenvalue weighted by Crippen LogP contribution is 2.28.